The maximum Gasteiger partial charge on any atom is 0.258 e. The Morgan fingerprint density at radius 2 is 1.68 bits per heavy atom. The van der Waals surface area contributed by atoms with Gasteiger partial charge < -0.3 is 15.4 Å². The zero-order valence-electron chi connectivity index (χ0n) is 15.6. The van der Waals surface area contributed by atoms with Crippen molar-refractivity contribution in [3.8, 4) is 5.75 Å². The third kappa shape index (κ3) is 6.06. The number of anilines is 1. The van der Waals surface area contributed by atoms with Gasteiger partial charge >= 0.3 is 0 Å². The first kappa shape index (κ1) is 19.8. The minimum atomic E-state index is -0.489. The molecule has 28 heavy (non-hydrogen) atoms. The SMILES string of the molecule is O=C(CN1CCC(NC(=O)COc2ccccc2F)CC1)Nc1ccccc1. The number of benzene rings is 2. The van der Waals surface area contributed by atoms with Crippen LogP contribution in [0.5, 0.6) is 5.75 Å². The fraction of sp³-hybridized carbons (Fsp3) is 0.333. The number of halogens is 1. The number of piperidine rings is 1. The van der Waals surface area contributed by atoms with Crippen molar-refractivity contribution in [2.75, 3.05) is 31.6 Å². The van der Waals surface area contributed by atoms with Crippen molar-refractivity contribution in [3.05, 3.63) is 60.4 Å². The number of hydrogen-bond donors (Lipinski definition) is 2. The second kappa shape index (κ2) is 9.85. The lowest BCUT2D eigenvalue weighted by molar-refractivity contribution is -0.124. The van der Waals surface area contributed by atoms with Gasteiger partial charge in [-0.1, -0.05) is 30.3 Å². The highest BCUT2D eigenvalue weighted by molar-refractivity contribution is 5.92. The van der Waals surface area contributed by atoms with Crippen LogP contribution in [-0.4, -0.2) is 49.0 Å². The Kier molecular flexibility index (Phi) is 6.97. The standard InChI is InChI=1S/C21H24FN3O3/c22-18-8-4-5-9-19(18)28-15-21(27)24-17-10-12-25(13-11-17)14-20(26)23-16-6-2-1-3-7-16/h1-9,17H,10-15H2,(H,23,26)(H,24,27). The molecular formula is C21H24FN3O3. The number of carbonyl (C=O) groups is 2. The van der Waals surface area contributed by atoms with E-state index in [2.05, 4.69) is 15.5 Å². The Morgan fingerprint density at radius 3 is 2.39 bits per heavy atom. The lowest BCUT2D eigenvalue weighted by Gasteiger charge is -2.31. The van der Waals surface area contributed by atoms with Gasteiger partial charge in [-0.15, -0.1) is 0 Å². The molecule has 0 spiro atoms. The average molecular weight is 385 g/mol. The van der Waals surface area contributed by atoms with E-state index in [4.69, 9.17) is 4.74 Å². The van der Waals surface area contributed by atoms with Crippen LogP contribution in [0.1, 0.15) is 12.8 Å². The maximum absolute atomic E-state index is 13.5. The predicted molar refractivity (Wildman–Crippen MR) is 105 cm³/mol. The third-order valence-corrected chi connectivity index (χ3v) is 4.57. The predicted octanol–water partition coefficient (Wildman–Crippen LogP) is 2.42. The monoisotopic (exact) mass is 385 g/mol. The fourth-order valence-electron chi connectivity index (χ4n) is 3.13. The molecule has 6 nitrogen and oxygen atoms in total. The van der Waals surface area contributed by atoms with Crippen molar-refractivity contribution < 1.29 is 18.7 Å². The molecule has 1 aliphatic rings. The normalized spacial score (nSPS) is 15.0. The number of amides is 2. The van der Waals surface area contributed by atoms with Crippen LogP contribution >= 0.6 is 0 Å². The molecule has 0 unspecified atom stereocenters. The Morgan fingerprint density at radius 1 is 1.00 bits per heavy atom. The number of ether oxygens (including phenoxy) is 1. The lowest BCUT2D eigenvalue weighted by atomic mass is 10.1. The van der Waals surface area contributed by atoms with Crippen molar-refractivity contribution in [1.29, 1.82) is 0 Å². The van der Waals surface area contributed by atoms with Crippen molar-refractivity contribution in [2.45, 2.75) is 18.9 Å². The van der Waals surface area contributed by atoms with E-state index in [0.29, 0.717) is 6.54 Å². The zero-order chi connectivity index (χ0) is 19.8. The Bertz CT molecular complexity index is 792. The van der Waals surface area contributed by atoms with E-state index in [9.17, 15) is 14.0 Å². The van der Waals surface area contributed by atoms with Crippen LogP contribution < -0.4 is 15.4 Å². The smallest absolute Gasteiger partial charge is 0.258 e. The molecule has 2 N–H and O–H groups in total. The zero-order valence-corrected chi connectivity index (χ0v) is 15.6. The largest absolute Gasteiger partial charge is 0.481 e. The molecule has 7 heteroatoms. The van der Waals surface area contributed by atoms with Crippen LogP contribution in [0.2, 0.25) is 0 Å². The summed E-state index contributed by atoms with van der Waals surface area (Å²) in [7, 11) is 0. The van der Waals surface area contributed by atoms with Gasteiger partial charge in [0, 0.05) is 24.8 Å². The average Bonchev–Trinajstić information content (AvgIpc) is 2.69. The molecule has 1 heterocycles. The van der Waals surface area contributed by atoms with E-state index in [0.717, 1.165) is 31.6 Å². The van der Waals surface area contributed by atoms with Gasteiger partial charge in [-0.05, 0) is 37.1 Å². The first-order valence-electron chi connectivity index (χ1n) is 9.34. The Balaban J connectivity index is 1.35. The molecular weight excluding hydrogens is 361 g/mol. The molecule has 0 bridgehead atoms. The molecule has 0 saturated carbocycles. The lowest BCUT2D eigenvalue weighted by Crippen LogP contribution is -2.47. The highest BCUT2D eigenvalue weighted by Gasteiger charge is 2.22. The molecule has 1 aliphatic heterocycles. The van der Waals surface area contributed by atoms with Gasteiger partial charge in [0.05, 0.1) is 6.54 Å². The third-order valence-electron chi connectivity index (χ3n) is 4.57. The number of nitrogens with zero attached hydrogens (tertiary/aromatic N) is 1. The molecule has 1 fully saturated rings. The number of likely N-dealkylation sites (tertiary alicyclic amines) is 1. The van der Waals surface area contributed by atoms with Crippen molar-refractivity contribution >= 4 is 17.5 Å². The summed E-state index contributed by atoms with van der Waals surface area (Å²) in [6.07, 6.45) is 1.51. The topological polar surface area (TPSA) is 70.7 Å². The van der Waals surface area contributed by atoms with Gasteiger partial charge in [0.1, 0.15) is 0 Å². The van der Waals surface area contributed by atoms with Crippen molar-refractivity contribution in [2.24, 2.45) is 0 Å². The van der Waals surface area contributed by atoms with E-state index >= 15 is 0 Å². The van der Waals surface area contributed by atoms with Crippen LogP contribution in [0.15, 0.2) is 54.6 Å². The van der Waals surface area contributed by atoms with Crippen LogP contribution in [0.4, 0.5) is 10.1 Å². The molecule has 3 rings (SSSR count). The second-order valence-electron chi connectivity index (χ2n) is 6.75. The van der Waals surface area contributed by atoms with Crippen LogP contribution in [0, 0.1) is 5.82 Å². The minimum Gasteiger partial charge on any atom is -0.481 e. The maximum atomic E-state index is 13.5. The molecule has 148 valence electrons. The van der Waals surface area contributed by atoms with Crippen LogP contribution in [0.3, 0.4) is 0 Å². The molecule has 0 aromatic heterocycles. The van der Waals surface area contributed by atoms with E-state index in [1.807, 2.05) is 30.3 Å². The summed E-state index contributed by atoms with van der Waals surface area (Å²) in [5.41, 5.74) is 0.782. The van der Waals surface area contributed by atoms with Gasteiger partial charge in [0.15, 0.2) is 18.2 Å². The van der Waals surface area contributed by atoms with Gasteiger partial charge in [-0.25, -0.2) is 4.39 Å². The van der Waals surface area contributed by atoms with E-state index in [1.54, 1.807) is 12.1 Å². The number of nitrogens with one attached hydrogen (secondary N) is 2. The number of para-hydroxylation sites is 2. The summed E-state index contributed by atoms with van der Waals surface area (Å²) < 4.78 is 18.7. The minimum absolute atomic E-state index is 0.0326. The van der Waals surface area contributed by atoms with E-state index in [-0.39, 0.29) is 30.2 Å². The number of carbonyl (C=O) groups excluding carboxylic acids is 2. The molecule has 0 radical (unpaired) electrons. The molecule has 2 aromatic rings. The fourth-order valence-corrected chi connectivity index (χ4v) is 3.13. The Labute approximate surface area is 163 Å². The summed E-state index contributed by atoms with van der Waals surface area (Å²) in [5, 5.41) is 5.78. The second-order valence-corrected chi connectivity index (χ2v) is 6.75. The highest BCUT2D eigenvalue weighted by Crippen LogP contribution is 2.15. The van der Waals surface area contributed by atoms with Crippen molar-refractivity contribution in [3.63, 3.8) is 0 Å². The number of rotatable bonds is 7. The Hall–Kier alpha value is -2.93. The van der Waals surface area contributed by atoms with Gasteiger partial charge in [-0.3, -0.25) is 14.5 Å². The quantitative estimate of drug-likeness (QED) is 0.768. The molecule has 1 saturated heterocycles. The van der Waals surface area contributed by atoms with Gasteiger partial charge in [-0.2, -0.15) is 0 Å². The van der Waals surface area contributed by atoms with Crippen LogP contribution in [0.25, 0.3) is 0 Å². The highest BCUT2D eigenvalue weighted by atomic mass is 19.1. The summed E-state index contributed by atoms with van der Waals surface area (Å²) in [6, 6.07) is 15.4. The van der Waals surface area contributed by atoms with Gasteiger partial charge in [0.25, 0.3) is 5.91 Å². The van der Waals surface area contributed by atoms with Crippen LogP contribution in [-0.2, 0) is 9.59 Å². The summed E-state index contributed by atoms with van der Waals surface area (Å²) >= 11 is 0. The molecule has 2 amide bonds. The van der Waals surface area contributed by atoms with Crippen molar-refractivity contribution in [1.82, 2.24) is 10.2 Å². The summed E-state index contributed by atoms with van der Waals surface area (Å²) in [5.74, 6) is -0.746. The first-order chi connectivity index (χ1) is 13.6. The summed E-state index contributed by atoms with van der Waals surface area (Å²) in [6.45, 7) is 1.55. The number of hydrogen-bond acceptors (Lipinski definition) is 4. The first-order valence-corrected chi connectivity index (χ1v) is 9.34. The van der Waals surface area contributed by atoms with E-state index in [1.165, 1.54) is 12.1 Å². The molecule has 0 atom stereocenters. The summed E-state index contributed by atoms with van der Waals surface area (Å²) in [4.78, 5) is 26.2. The molecule has 0 aliphatic carbocycles. The van der Waals surface area contributed by atoms with E-state index < -0.39 is 5.82 Å². The van der Waals surface area contributed by atoms with Gasteiger partial charge in [0.2, 0.25) is 5.91 Å². The molecule has 2 aromatic carbocycles.